The van der Waals surface area contributed by atoms with Gasteiger partial charge in [0.2, 0.25) is 10.0 Å². The second-order valence-corrected chi connectivity index (χ2v) is 9.77. The van der Waals surface area contributed by atoms with Crippen LogP contribution in [0.2, 0.25) is 0 Å². The van der Waals surface area contributed by atoms with Gasteiger partial charge in [0.05, 0.1) is 22.8 Å². The Bertz CT molecular complexity index is 1100. The number of aromatic nitrogens is 2. The van der Waals surface area contributed by atoms with Crippen LogP contribution in [-0.2, 0) is 38.9 Å². The largest absolute Gasteiger partial charge is 0.462 e. The number of esters is 1. The summed E-state index contributed by atoms with van der Waals surface area (Å²) in [5.41, 5.74) is 2.64. The van der Waals surface area contributed by atoms with E-state index in [1.807, 2.05) is 6.92 Å². The van der Waals surface area contributed by atoms with E-state index in [9.17, 15) is 18.0 Å². The van der Waals surface area contributed by atoms with Crippen LogP contribution in [0.15, 0.2) is 29.2 Å². The number of amides is 1. The first kappa shape index (κ1) is 25.9. The molecule has 0 saturated heterocycles. The Morgan fingerprint density at radius 3 is 2.68 bits per heavy atom. The molecule has 0 unspecified atom stereocenters. The summed E-state index contributed by atoms with van der Waals surface area (Å²) in [5.74, 6) is -0.643. The summed E-state index contributed by atoms with van der Waals surface area (Å²) in [6.07, 6.45) is 3.38. The predicted molar refractivity (Wildman–Crippen MR) is 125 cm³/mol. The maximum Gasteiger partial charge on any atom is 0.338 e. The number of fused-ring (bicyclic) bond motifs is 1. The molecule has 10 nitrogen and oxygen atoms in total. The van der Waals surface area contributed by atoms with E-state index in [0.717, 1.165) is 24.1 Å². The highest BCUT2D eigenvalue weighted by atomic mass is 32.2. The van der Waals surface area contributed by atoms with Crippen molar-refractivity contribution in [2.24, 2.45) is 0 Å². The quantitative estimate of drug-likeness (QED) is 0.424. The van der Waals surface area contributed by atoms with E-state index in [1.165, 1.54) is 31.3 Å². The molecule has 3 rings (SSSR count). The fraction of sp³-hybridized carbons (Fsp3) is 0.522. The zero-order valence-corrected chi connectivity index (χ0v) is 20.4. The smallest absolute Gasteiger partial charge is 0.338 e. The molecule has 1 aliphatic rings. The number of carbonyl (C=O) groups is 2. The third kappa shape index (κ3) is 6.43. The summed E-state index contributed by atoms with van der Waals surface area (Å²) in [4.78, 5) is 25.2. The molecule has 2 heterocycles. The molecule has 1 amide bonds. The highest BCUT2D eigenvalue weighted by molar-refractivity contribution is 7.89. The standard InChI is InChI=1S/C23H32N4O6S/c1-3-27-21-19(7-4-14-32-15-6-13-25-22(21)28)20(26-27)8-5-16-33-23(29)17-9-11-18(12-10-17)34(30,31)24-2/h9-12,24H,3-8,13-16H2,1-2H3,(H,25,28). The van der Waals surface area contributed by atoms with Gasteiger partial charge in [-0.1, -0.05) is 0 Å². The van der Waals surface area contributed by atoms with Gasteiger partial charge in [0.15, 0.2) is 0 Å². The first-order valence-electron chi connectivity index (χ1n) is 11.5. The average Bonchev–Trinajstić information content (AvgIpc) is 3.18. The van der Waals surface area contributed by atoms with Crippen molar-refractivity contribution in [2.75, 3.05) is 33.4 Å². The molecule has 0 aliphatic carbocycles. The van der Waals surface area contributed by atoms with E-state index >= 15 is 0 Å². The minimum atomic E-state index is -3.56. The summed E-state index contributed by atoms with van der Waals surface area (Å²) in [5, 5.41) is 7.61. The molecule has 1 aliphatic heterocycles. The SMILES string of the molecule is CCn1nc(CCCOC(=O)c2ccc(S(=O)(=O)NC)cc2)c2c1C(=O)NCCCOCCC2. The Balaban J connectivity index is 1.62. The van der Waals surface area contributed by atoms with Crippen LogP contribution in [0.5, 0.6) is 0 Å². The zero-order valence-electron chi connectivity index (χ0n) is 19.6. The Morgan fingerprint density at radius 2 is 1.97 bits per heavy atom. The molecule has 1 aromatic carbocycles. The van der Waals surface area contributed by atoms with Crippen LogP contribution in [0.25, 0.3) is 0 Å². The van der Waals surface area contributed by atoms with Gasteiger partial charge in [0, 0.05) is 31.9 Å². The van der Waals surface area contributed by atoms with Crippen LogP contribution in [0.4, 0.5) is 0 Å². The van der Waals surface area contributed by atoms with Gasteiger partial charge in [0.25, 0.3) is 5.91 Å². The van der Waals surface area contributed by atoms with Crippen LogP contribution < -0.4 is 10.0 Å². The fourth-order valence-electron chi connectivity index (χ4n) is 3.78. The molecule has 186 valence electrons. The summed E-state index contributed by atoms with van der Waals surface area (Å²) in [6, 6.07) is 5.57. The number of sulfonamides is 1. The van der Waals surface area contributed by atoms with Crippen molar-refractivity contribution in [3.05, 3.63) is 46.8 Å². The van der Waals surface area contributed by atoms with E-state index in [1.54, 1.807) is 4.68 Å². The van der Waals surface area contributed by atoms with Crippen LogP contribution in [0.1, 0.15) is 58.3 Å². The number of rotatable bonds is 8. The molecule has 0 spiro atoms. The Kier molecular flexibility index (Phi) is 9.20. The van der Waals surface area contributed by atoms with Crippen molar-refractivity contribution < 1.29 is 27.5 Å². The van der Waals surface area contributed by atoms with Gasteiger partial charge < -0.3 is 14.8 Å². The number of benzene rings is 1. The van der Waals surface area contributed by atoms with Crippen LogP contribution in [-0.4, -0.2) is 63.5 Å². The second-order valence-electron chi connectivity index (χ2n) is 7.89. The van der Waals surface area contributed by atoms with Crippen molar-refractivity contribution >= 4 is 21.9 Å². The Morgan fingerprint density at radius 1 is 1.24 bits per heavy atom. The third-order valence-electron chi connectivity index (χ3n) is 5.57. The average molecular weight is 493 g/mol. The van der Waals surface area contributed by atoms with E-state index in [0.29, 0.717) is 51.3 Å². The maximum absolute atomic E-state index is 12.8. The minimum Gasteiger partial charge on any atom is -0.462 e. The van der Waals surface area contributed by atoms with Gasteiger partial charge in [-0.15, -0.1) is 0 Å². The van der Waals surface area contributed by atoms with Crippen LogP contribution in [0, 0.1) is 0 Å². The van der Waals surface area contributed by atoms with E-state index in [2.05, 4.69) is 15.1 Å². The first-order chi connectivity index (χ1) is 16.4. The monoisotopic (exact) mass is 492 g/mol. The van der Waals surface area contributed by atoms with E-state index in [-0.39, 0.29) is 23.0 Å². The van der Waals surface area contributed by atoms with Gasteiger partial charge in [-0.2, -0.15) is 5.10 Å². The van der Waals surface area contributed by atoms with Gasteiger partial charge in [-0.3, -0.25) is 9.48 Å². The molecule has 34 heavy (non-hydrogen) atoms. The number of hydrogen-bond donors (Lipinski definition) is 2. The lowest BCUT2D eigenvalue weighted by molar-refractivity contribution is 0.0500. The number of hydrogen-bond acceptors (Lipinski definition) is 7. The van der Waals surface area contributed by atoms with Crippen molar-refractivity contribution in [3.8, 4) is 0 Å². The number of aryl methyl sites for hydroxylation is 2. The van der Waals surface area contributed by atoms with Gasteiger partial charge in [-0.05, 0) is 70.3 Å². The molecule has 0 bridgehead atoms. The molecule has 11 heteroatoms. The Hall–Kier alpha value is -2.76. The molecular formula is C23H32N4O6S. The van der Waals surface area contributed by atoms with Crippen molar-refractivity contribution in [2.45, 2.75) is 50.5 Å². The van der Waals surface area contributed by atoms with Crippen molar-refractivity contribution in [1.29, 1.82) is 0 Å². The summed E-state index contributed by atoms with van der Waals surface area (Å²) in [6.45, 7) is 4.53. The minimum absolute atomic E-state index is 0.0752. The maximum atomic E-state index is 12.8. The molecule has 2 aromatic rings. The van der Waals surface area contributed by atoms with Gasteiger partial charge in [0.1, 0.15) is 5.69 Å². The molecular weight excluding hydrogens is 460 g/mol. The highest BCUT2D eigenvalue weighted by Crippen LogP contribution is 2.20. The van der Waals surface area contributed by atoms with Crippen LogP contribution >= 0.6 is 0 Å². The molecule has 1 aromatic heterocycles. The van der Waals surface area contributed by atoms with Gasteiger partial charge >= 0.3 is 5.97 Å². The number of nitrogens with zero attached hydrogens (tertiary/aromatic N) is 2. The summed E-state index contributed by atoms with van der Waals surface area (Å²) < 4.78 is 38.5. The summed E-state index contributed by atoms with van der Waals surface area (Å²) in [7, 11) is -2.24. The highest BCUT2D eigenvalue weighted by Gasteiger charge is 2.23. The predicted octanol–water partition coefficient (Wildman–Crippen LogP) is 1.68. The third-order valence-corrected chi connectivity index (χ3v) is 7.01. The topological polar surface area (TPSA) is 129 Å². The normalized spacial score (nSPS) is 15.2. The van der Waals surface area contributed by atoms with Crippen molar-refractivity contribution in [1.82, 2.24) is 19.8 Å². The second kappa shape index (κ2) is 12.1. The van der Waals surface area contributed by atoms with E-state index < -0.39 is 16.0 Å². The molecule has 0 fully saturated rings. The fourth-order valence-corrected chi connectivity index (χ4v) is 4.51. The molecule has 2 N–H and O–H groups in total. The number of carbonyl (C=O) groups excluding carboxylic acids is 2. The summed E-state index contributed by atoms with van der Waals surface area (Å²) >= 11 is 0. The lowest BCUT2D eigenvalue weighted by atomic mass is 10.0. The van der Waals surface area contributed by atoms with E-state index in [4.69, 9.17) is 9.47 Å². The lowest BCUT2D eigenvalue weighted by Crippen LogP contribution is -2.28. The Labute approximate surface area is 200 Å². The first-order valence-corrected chi connectivity index (χ1v) is 13.0. The lowest BCUT2D eigenvalue weighted by Gasteiger charge is -2.08. The van der Waals surface area contributed by atoms with Crippen molar-refractivity contribution in [3.63, 3.8) is 0 Å². The zero-order chi connectivity index (χ0) is 24.6. The van der Waals surface area contributed by atoms with Crippen LogP contribution in [0.3, 0.4) is 0 Å². The number of nitrogens with one attached hydrogen (secondary N) is 2. The van der Waals surface area contributed by atoms with Gasteiger partial charge in [-0.25, -0.2) is 17.9 Å². The molecule has 0 radical (unpaired) electrons. The molecule has 0 atom stereocenters. The molecule has 0 saturated carbocycles. The number of ether oxygens (including phenoxy) is 2.